The normalized spacial score (nSPS) is 19.8. The standard InChI is InChI=1S/C16H21NO3/c1-11-6-7-13(9-12(11)2)15(18)10-17-8-4-3-5-14(17)16(19)20/h6-7,9,14H,3-5,8,10H2,1-2H3,(H,19,20). The zero-order valence-corrected chi connectivity index (χ0v) is 12.1. The Balaban J connectivity index is 2.09. The minimum atomic E-state index is -0.822. The highest BCUT2D eigenvalue weighted by molar-refractivity contribution is 5.98. The third kappa shape index (κ3) is 3.25. The largest absolute Gasteiger partial charge is 0.480 e. The molecule has 1 N–H and O–H groups in total. The van der Waals surface area contributed by atoms with Crippen LogP contribution in [-0.2, 0) is 4.79 Å². The number of rotatable bonds is 4. The van der Waals surface area contributed by atoms with Gasteiger partial charge in [0.25, 0.3) is 0 Å². The lowest BCUT2D eigenvalue weighted by Crippen LogP contribution is -2.46. The van der Waals surface area contributed by atoms with Crippen LogP contribution in [0.4, 0.5) is 0 Å². The molecule has 1 unspecified atom stereocenters. The van der Waals surface area contributed by atoms with Crippen molar-refractivity contribution >= 4 is 11.8 Å². The first-order valence-corrected chi connectivity index (χ1v) is 7.06. The summed E-state index contributed by atoms with van der Waals surface area (Å²) in [5.74, 6) is -0.821. The van der Waals surface area contributed by atoms with Gasteiger partial charge in [0.15, 0.2) is 5.78 Å². The molecule has 1 aromatic rings. The van der Waals surface area contributed by atoms with E-state index in [4.69, 9.17) is 0 Å². The Morgan fingerprint density at radius 3 is 2.65 bits per heavy atom. The van der Waals surface area contributed by atoms with Gasteiger partial charge in [0.05, 0.1) is 6.54 Å². The smallest absolute Gasteiger partial charge is 0.320 e. The first kappa shape index (κ1) is 14.7. The second kappa shape index (κ2) is 6.18. The van der Waals surface area contributed by atoms with E-state index in [-0.39, 0.29) is 12.3 Å². The summed E-state index contributed by atoms with van der Waals surface area (Å²) in [4.78, 5) is 25.3. The topological polar surface area (TPSA) is 57.6 Å². The van der Waals surface area contributed by atoms with Crippen LogP contribution < -0.4 is 0 Å². The van der Waals surface area contributed by atoms with Crippen molar-refractivity contribution in [1.82, 2.24) is 4.90 Å². The summed E-state index contributed by atoms with van der Waals surface area (Å²) < 4.78 is 0. The number of likely N-dealkylation sites (tertiary alicyclic amines) is 1. The van der Waals surface area contributed by atoms with Crippen molar-refractivity contribution in [2.45, 2.75) is 39.2 Å². The number of hydrogen-bond donors (Lipinski definition) is 1. The molecular formula is C16H21NO3. The van der Waals surface area contributed by atoms with Gasteiger partial charge in [-0.05, 0) is 50.4 Å². The monoisotopic (exact) mass is 275 g/mol. The summed E-state index contributed by atoms with van der Waals surface area (Å²) in [7, 11) is 0. The molecule has 1 atom stereocenters. The molecule has 1 aliphatic rings. The van der Waals surface area contributed by atoms with Gasteiger partial charge in [-0.3, -0.25) is 14.5 Å². The molecule has 20 heavy (non-hydrogen) atoms. The summed E-state index contributed by atoms with van der Waals surface area (Å²) in [6, 6.07) is 5.13. The quantitative estimate of drug-likeness (QED) is 0.857. The van der Waals surface area contributed by atoms with Crippen molar-refractivity contribution < 1.29 is 14.7 Å². The van der Waals surface area contributed by atoms with Crippen molar-refractivity contribution in [3.63, 3.8) is 0 Å². The number of benzene rings is 1. The number of hydrogen-bond acceptors (Lipinski definition) is 3. The lowest BCUT2D eigenvalue weighted by atomic mass is 9.99. The Labute approximate surface area is 119 Å². The van der Waals surface area contributed by atoms with Crippen molar-refractivity contribution in [2.75, 3.05) is 13.1 Å². The van der Waals surface area contributed by atoms with Gasteiger partial charge in [0.1, 0.15) is 6.04 Å². The number of carbonyl (C=O) groups excluding carboxylic acids is 1. The minimum Gasteiger partial charge on any atom is -0.480 e. The molecule has 108 valence electrons. The van der Waals surface area contributed by atoms with E-state index in [0.29, 0.717) is 18.5 Å². The Morgan fingerprint density at radius 1 is 1.25 bits per heavy atom. The second-order valence-electron chi connectivity index (χ2n) is 5.54. The molecule has 2 rings (SSSR count). The molecule has 0 aliphatic carbocycles. The van der Waals surface area contributed by atoms with Gasteiger partial charge in [0.2, 0.25) is 0 Å². The first-order chi connectivity index (χ1) is 9.49. The number of carboxylic acids is 1. The summed E-state index contributed by atoms with van der Waals surface area (Å²) in [6.07, 6.45) is 2.52. The first-order valence-electron chi connectivity index (χ1n) is 7.06. The number of aryl methyl sites for hydroxylation is 2. The van der Waals surface area contributed by atoms with Crippen LogP contribution >= 0.6 is 0 Å². The van der Waals surface area contributed by atoms with Gasteiger partial charge < -0.3 is 5.11 Å². The minimum absolute atomic E-state index is 0.00116. The highest BCUT2D eigenvalue weighted by Crippen LogP contribution is 2.18. The van der Waals surface area contributed by atoms with E-state index in [1.165, 1.54) is 0 Å². The van der Waals surface area contributed by atoms with Gasteiger partial charge in [-0.15, -0.1) is 0 Å². The lowest BCUT2D eigenvalue weighted by Gasteiger charge is -2.32. The second-order valence-corrected chi connectivity index (χ2v) is 5.54. The summed E-state index contributed by atoms with van der Waals surface area (Å²) in [6.45, 7) is 4.87. The molecule has 1 aliphatic heterocycles. The van der Waals surface area contributed by atoms with Crippen molar-refractivity contribution in [2.24, 2.45) is 0 Å². The van der Waals surface area contributed by atoms with Gasteiger partial charge in [0, 0.05) is 5.56 Å². The molecule has 1 heterocycles. The van der Waals surface area contributed by atoms with Crippen LogP contribution in [-0.4, -0.2) is 40.9 Å². The number of ketones is 1. The average molecular weight is 275 g/mol. The van der Waals surface area contributed by atoms with Crippen LogP contribution in [0.3, 0.4) is 0 Å². The number of aliphatic carboxylic acids is 1. The Kier molecular flexibility index (Phi) is 4.55. The fraction of sp³-hybridized carbons (Fsp3) is 0.500. The van der Waals surface area contributed by atoms with E-state index in [1.54, 1.807) is 4.90 Å². The molecule has 0 aromatic heterocycles. The van der Waals surface area contributed by atoms with Crippen molar-refractivity contribution in [3.8, 4) is 0 Å². The van der Waals surface area contributed by atoms with Crippen LogP contribution in [0.1, 0.15) is 40.7 Å². The Bertz CT molecular complexity index is 524. The molecule has 0 bridgehead atoms. The number of carbonyl (C=O) groups is 2. The molecular weight excluding hydrogens is 254 g/mol. The number of piperidine rings is 1. The van der Waals surface area contributed by atoms with Gasteiger partial charge >= 0.3 is 5.97 Å². The van der Waals surface area contributed by atoms with Crippen LogP contribution in [0.15, 0.2) is 18.2 Å². The van der Waals surface area contributed by atoms with Crippen LogP contribution in [0.25, 0.3) is 0 Å². The molecule has 1 fully saturated rings. The van der Waals surface area contributed by atoms with Crippen LogP contribution in [0.5, 0.6) is 0 Å². The predicted octanol–water partition coefficient (Wildman–Crippen LogP) is 2.43. The zero-order valence-electron chi connectivity index (χ0n) is 12.1. The van der Waals surface area contributed by atoms with E-state index in [9.17, 15) is 14.7 Å². The molecule has 4 nitrogen and oxygen atoms in total. The van der Waals surface area contributed by atoms with Gasteiger partial charge in [-0.25, -0.2) is 0 Å². The van der Waals surface area contributed by atoms with Gasteiger partial charge in [-0.2, -0.15) is 0 Å². The molecule has 1 saturated heterocycles. The van der Waals surface area contributed by atoms with Crippen LogP contribution in [0.2, 0.25) is 0 Å². The highest BCUT2D eigenvalue weighted by Gasteiger charge is 2.29. The summed E-state index contributed by atoms with van der Waals surface area (Å²) in [5.41, 5.74) is 2.91. The third-order valence-electron chi connectivity index (χ3n) is 4.07. The third-order valence-corrected chi connectivity index (χ3v) is 4.07. The maximum Gasteiger partial charge on any atom is 0.320 e. The Hall–Kier alpha value is -1.68. The molecule has 4 heteroatoms. The van der Waals surface area contributed by atoms with Gasteiger partial charge in [-0.1, -0.05) is 18.6 Å². The van der Waals surface area contributed by atoms with E-state index in [1.807, 2.05) is 32.0 Å². The van der Waals surface area contributed by atoms with Crippen LogP contribution in [0, 0.1) is 13.8 Å². The van der Waals surface area contributed by atoms with E-state index in [0.717, 1.165) is 24.0 Å². The summed E-state index contributed by atoms with van der Waals surface area (Å²) in [5, 5.41) is 9.22. The zero-order chi connectivity index (χ0) is 14.7. The molecule has 0 amide bonds. The fourth-order valence-electron chi connectivity index (χ4n) is 2.65. The predicted molar refractivity (Wildman–Crippen MR) is 77.1 cm³/mol. The van der Waals surface area contributed by atoms with Crippen molar-refractivity contribution in [3.05, 3.63) is 34.9 Å². The maximum atomic E-state index is 12.3. The lowest BCUT2D eigenvalue weighted by molar-refractivity contribution is -0.144. The molecule has 1 aromatic carbocycles. The molecule has 0 saturated carbocycles. The molecule has 0 radical (unpaired) electrons. The molecule has 0 spiro atoms. The Morgan fingerprint density at radius 2 is 2.00 bits per heavy atom. The fourth-order valence-corrected chi connectivity index (χ4v) is 2.65. The number of Topliss-reactive ketones (excluding diaryl/α,β-unsaturated/α-hetero) is 1. The van der Waals surface area contributed by atoms with E-state index >= 15 is 0 Å². The number of nitrogens with zero attached hydrogens (tertiary/aromatic N) is 1. The van der Waals surface area contributed by atoms with Crippen molar-refractivity contribution in [1.29, 1.82) is 0 Å². The van der Waals surface area contributed by atoms with E-state index in [2.05, 4.69) is 0 Å². The highest BCUT2D eigenvalue weighted by atomic mass is 16.4. The number of carboxylic acid groups (broad SMARTS) is 1. The average Bonchev–Trinajstić information content (AvgIpc) is 2.42. The van der Waals surface area contributed by atoms with E-state index < -0.39 is 12.0 Å². The summed E-state index contributed by atoms with van der Waals surface area (Å²) >= 11 is 0. The maximum absolute atomic E-state index is 12.3. The SMILES string of the molecule is Cc1ccc(C(=O)CN2CCCCC2C(=O)O)cc1C.